The summed E-state index contributed by atoms with van der Waals surface area (Å²) in [7, 11) is 1.63. The van der Waals surface area contributed by atoms with Crippen molar-refractivity contribution in [1.29, 1.82) is 0 Å². The molecule has 1 fully saturated rings. The zero-order chi connectivity index (χ0) is 15.8. The van der Waals surface area contributed by atoms with Crippen LogP contribution in [0.25, 0.3) is 0 Å². The van der Waals surface area contributed by atoms with Crippen molar-refractivity contribution in [2.24, 2.45) is 0 Å². The summed E-state index contributed by atoms with van der Waals surface area (Å²) in [6, 6.07) is 6.75. The van der Waals surface area contributed by atoms with E-state index in [-0.39, 0.29) is 11.8 Å². The first-order valence-corrected chi connectivity index (χ1v) is 7.46. The molecule has 0 radical (unpaired) electrons. The standard InChI is InChI=1S/C16H22N2O4/c1-21-10-2-7-17-15(19)13-3-5-14(6-4-13)16(20)18-8-11-22-12-9-18/h3-6H,2,7-12H2,1H3,(H,17,19). The van der Waals surface area contributed by atoms with Crippen LogP contribution in [-0.2, 0) is 9.47 Å². The number of morpholine rings is 1. The molecule has 0 aromatic heterocycles. The molecule has 1 aliphatic rings. The summed E-state index contributed by atoms with van der Waals surface area (Å²) in [4.78, 5) is 26.0. The molecular formula is C16H22N2O4. The molecule has 2 rings (SSSR count). The van der Waals surface area contributed by atoms with E-state index in [4.69, 9.17) is 9.47 Å². The molecule has 6 nitrogen and oxygen atoms in total. The summed E-state index contributed by atoms with van der Waals surface area (Å²) in [5.74, 6) is -0.156. The van der Waals surface area contributed by atoms with Gasteiger partial charge in [-0.3, -0.25) is 9.59 Å². The molecule has 1 saturated heterocycles. The van der Waals surface area contributed by atoms with Gasteiger partial charge in [0.25, 0.3) is 11.8 Å². The van der Waals surface area contributed by atoms with Crippen molar-refractivity contribution < 1.29 is 19.1 Å². The highest BCUT2D eigenvalue weighted by Gasteiger charge is 2.18. The van der Waals surface area contributed by atoms with Gasteiger partial charge in [0.2, 0.25) is 0 Å². The van der Waals surface area contributed by atoms with Crippen molar-refractivity contribution in [2.75, 3.05) is 46.6 Å². The van der Waals surface area contributed by atoms with E-state index in [2.05, 4.69) is 5.32 Å². The molecule has 6 heteroatoms. The molecule has 0 aliphatic carbocycles. The van der Waals surface area contributed by atoms with Crippen LogP contribution < -0.4 is 5.32 Å². The van der Waals surface area contributed by atoms with E-state index in [1.54, 1.807) is 36.3 Å². The molecule has 2 amide bonds. The second kappa shape index (κ2) is 8.51. The second-order valence-electron chi connectivity index (χ2n) is 5.08. The van der Waals surface area contributed by atoms with Gasteiger partial charge in [-0.15, -0.1) is 0 Å². The van der Waals surface area contributed by atoms with Gasteiger partial charge in [-0.1, -0.05) is 0 Å². The summed E-state index contributed by atoms with van der Waals surface area (Å²) in [6.07, 6.45) is 0.774. The minimum Gasteiger partial charge on any atom is -0.385 e. The van der Waals surface area contributed by atoms with Crippen molar-refractivity contribution in [2.45, 2.75) is 6.42 Å². The molecule has 22 heavy (non-hydrogen) atoms. The molecule has 0 saturated carbocycles. The molecule has 1 aromatic rings. The van der Waals surface area contributed by atoms with Gasteiger partial charge < -0.3 is 19.7 Å². The second-order valence-corrected chi connectivity index (χ2v) is 5.08. The first-order valence-electron chi connectivity index (χ1n) is 7.46. The molecule has 120 valence electrons. The fourth-order valence-corrected chi connectivity index (χ4v) is 2.23. The number of benzene rings is 1. The highest BCUT2D eigenvalue weighted by Crippen LogP contribution is 2.09. The lowest BCUT2D eigenvalue weighted by molar-refractivity contribution is 0.0303. The van der Waals surface area contributed by atoms with Crippen LogP contribution in [0.15, 0.2) is 24.3 Å². The van der Waals surface area contributed by atoms with Gasteiger partial charge in [-0.2, -0.15) is 0 Å². The largest absolute Gasteiger partial charge is 0.385 e. The average molecular weight is 306 g/mol. The van der Waals surface area contributed by atoms with Crippen molar-refractivity contribution in [3.63, 3.8) is 0 Å². The van der Waals surface area contributed by atoms with E-state index in [1.807, 2.05) is 0 Å². The predicted molar refractivity (Wildman–Crippen MR) is 82.0 cm³/mol. The molecule has 1 heterocycles. The maximum absolute atomic E-state index is 12.3. The fourth-order valence-electron chi connectivity index (χ4n) is 2.23. The zero-order valence-electron chi connectivity index (χ0n) is 12.8. The molecule has 1 aromatic carbocycles. The Morgan fingerprint density at radius 1 is 1.18 bits per heavy atom. The predicted octanol–water partition coefficient (Wildman–Crippen LogP) is 0.925. The minimum absolute atomic E-state index is 0.0182. The molecule has 0 bridgehead atoms. The fraction of sp³-hybridized carbons (Fsp3) is 0.500. The third-order valence-electron chi connectivity index (χ3n) is 3.50. The number of amides is 2. The van der Waals surface area contributed by atoms with Crippen LogP contribution in [0.3, 0.4) is 0 Å². The van der Waals surface area contributed by atoms with Crippen LogP contribution >= 0.6 is 0 Å². The van der Waals surface area contributed by atoms with Crippen LogP contribution in [0.5, 0.6) is 0 Å². The molecule has 0 atom stereocenters. The number of carbonyl (C=O) groups is 2. The topological polar surface area (TPSA) is 67.9 Å². The van der Waals surface area contributed by atoms with E-state index in [9.17, 15) is 9.59 Å². The number of nitrogens with one attached hydrogen (secondary N) is 1. The van der Waals surface area contributed by atoms with Gasteiger partial charge >= 0.3 is 0 Å². The van der Waals surface area contributed by atoms with Gasteiger partial charge in [0.05, 0.1) is 13.2 Å². The summed E-state index contributed by atoms with van der Waals surface area (Å²) >= 11 is 0. The lowest BCUT2D eigenvalue weighted by Gasteiger charge is -2.26. The number of ether oxygens (including phenoxy) is 2. The van der Waals surface area contributed by atoms with Gasteiger partial charge in [-0.05, 0) is 30.7 Å². The van der Waals surface area contributed by atoms with Crippen LogP contribution in [-0.4, -0.2) is 63.3 Å². The maximum atomic E-state index is 12.3. The molecule has 1 aliphatic heterocycles. The number of hydrogen-bond acceptors (Lipinski definition) is 4. The Morgan fingerprint density at radius 3 is 2.45 bits per heavy atom. The number of rotatable bonds is 6. The summed E-state index contributed by atoms with van der Waals surface area (Å²) in [5, 5.41) is 2.82. The third kappa shape index (κ3) is 4.54. The van der Waals surface area contributed by atoms with Crippen molar-refractivity contribution in [1.82, 2.24) is 10.2 Å². The molecule has 0 spiro atoms. The Bertz CT molecular complexity index is 495. The number of carbonyl (C=O) groups excluding carboxylic acids is 2. The van der Waals surface area contributed by atoms with E-state index in [0.29, 0.717) is 50.6 Å². The van der Waals surface area contributed by atoms with Gasteiger partial charge in [0.1, 0.15) is 0 Å². The van der Waals surface area contributed by atoms with Crippen molar-refractivity contribution in [3.05, 3.63) is 35.4 Å². The lowest BCUT2D eigenvalue weighted by atomic mass is 10.1. The summed E-state index contributed by atoms with van der Waals surface area (Å²) in [5.41, 5.74) is 1.15. The van der Waals surface area contributed by atoms with Crippen LogP contribution in [0, 0.1) is 0 Å². The average Bonchev–Trinajstić information content (AvgIpc) is 2.59. The van der Waals surface area contributed by atoms with Crippen LogP contribution in [0.1, 0.15) is 27.1 Å². The van der Waals surface area contributed by atoms with Gasteiger partial charge in [0, 0.05) is 44.5 Å². The quantitative estimate of drug-likeness (QED) is 0.794. The number of hydrogen-bond donors (Lipinski definition) is 1. The SMILES string of the molecule is COCCCNC(=O)c1ccc(C(=O)N2CCOCC2)cc1. The van der Waals surface area contributed by atoms with Gasteiger partial charge in [0.15, 0.2) is 0 Å². The van der Waals surface area contributed by atoms with Gasteiger partial charge in [-0.25, -0.2) is 0 Å². The van der Waals surface area contributed by atoms with E-state index in [0.717, 1.165) is 6.42 Å². The maximum Gasteiger partial charge on any atom is 0.254 e. The molecule has 0 unspecified atom stereocenters. The molecule has 1 N–H and O–H groups in total. The Morgan fingerprint density at radius 2 is 1.82 bits per heavy atom. The summed E-state index contributed by atoms with van der Waals surface area (Å²) in [6.45, 7) is 3.57. The third-order valence-corrected chi connectivity index (χ3v) is 3.50. The lowest BCUT2D eigenvalue weighted by Crippen LogP contribution is -2.40. The highest BCUT2D eigenvalue weighted by atomic mass is 16.5. The van der Waals surface area contributed by atoms with E-state index in [1.165, 1.54) is 0 Å². The van der Waals surface area contributed by atoms with Crippen molar-refractivity contribution in [3.8, 4) is 0 Å². The first-order chi connectivity index (χ1) is 10.7. The number of nitrogens with zero attached hydrogens (tertiary/aromatic N) is 1. The number of methoxy groups -OCH3 is 1. The smallest absolute Gasteiger partial charge is 0.254 e. The van der Waals surface area contributed by atoms with Crippen LogP contribution in [0.4, 0.5) is 0 Å². The monoisotopic (exact) mass is 306 g/mol. The van der Waals surface area contributed by atoms with Crippen LogP contribution in [0.2, 0.25) is 0 Å². The van der Waals surface area contributed by atoms with E-state index >= 15 is 0 Å². The van der Waals surface area contributed by atoms with E-state index < -0.39 is 0 Å². The summed E-state index contributed by atoms with van der Waals surface area (Å²) < 4.78 is 10.2. The molecular weight excluding hydrogens is 284 g/mol. The Hall–Kier alpha value is -1.92. The first kappa shape index (κ1) is 16.5. The normalized spacial score (nSPS) is 14.7. The zero-order valence-corrected chi connectivity index (χ0v) is 12.8. The van der Waals surface area contributed by atoms with Crippen molar-refractivity contribution >= 4 is 11.8 Å². The Balaban J connectivity index is 1.89. The highest BCUT2D eigenvalue weighted by molar-refractivity contribution is 5.97. The Kier molecular flexibility index (Phi) is 6.36. The minimum atomic E-state index is -0.138. The Labute approximate surface area is 130 Å².